The van der Waals surface area contributed by atoms with Gasteiger partial charge in [0.2, 0.25) is 0 Å². The van der Waals surface area contributed by atoms with Crippen molar-refractivity contribution in [3.63, 3.8) is 0 Å². The van der Waals surface area contributed by atoms with E-state index < -0.39 is 5.76 Å². The van der Waals surface area contributed by atoms with Crippen molar-refractivity contribution in [2.75, 3.05) is 11.1 Å². The normalized spacial score (nSPS) is 11.1. The molecule has 3 rings (SSSR count). The molecule has 4 N–H and O–H groups in total. The van der Waals surface area contributed by atoms with Gasteiger partial charge < -0.3 is 15.5 Å². The van der Waals surface area contributed by atoms with Gasteiger partial charge in [0.15, 0.2) is 5.58 Å². The van der Waals surface area contributed by atoms with E-state index in [1.54, 1.807) is 16.8 Å². The van der Waals surface area contributed by atoms with Crippen LogP contribution in [0.3, 0.4) is 0 Å². The first kappa shape index (κ1) is 12.3. The Morgan fingerprint density at radius 2 is 2.30 bits per heavy atom. The summed E-state index contributed by atoms with van der Waals surface area (Å²) in [6, 6.07) is 3.40. The minimum Gasteiger partial charge on any atom is -0.408 e. The van der Waals surface area contributed by atoms with E-state index in [2.05, 4.69) is 15.4 Å². The number of H-pyrrole nitrogens is 1. The van der Waals surface area contributed by atoms with E-state index in [1.807, 2.05) is 20.2 Å². The van der Waals surface area contributed by atoms with Gasteiger partial charge in [0.05, 0.1) is 22.6 Å². The van der Waals surface area contributed by atoms with Crippen molar-refractivity contribution in [2.45, 2.75) is 13.5 Å². The second kappa shape index (κ2) is 4.44. The molecule has 0 saturated carbocycles. The average molecular weight is 273 g/mol. The highest BCUT2D eigenvalue weighted by atomic mass is 16.4. The highest BCUT2D eigenvalue weighted by molar-refractivity contribution is 5.85. The van der Waals surface area contributed by atoms with Crippen LogP contribution in [0.4, 0.5) is 11.4 Å². The fourth-order valence-electron chi connectivity index (χ4n) is 2.18. The smallest absolute Gasteiger partial charge is 0.408 e. The van der Waals surface area contributed by atoms with Gasteiger partial charge in [0.1, 0.15) is 0 Å². The molecule has 20 heavy (non-hydrogen) atoms. The molecule has 7 heteroatoms. The second-order valence-corrected chi connectivity index (χ2v) is 4.72. The third-order valence-electron chi connectivity index (χ3n) is 3.18. The first-order valence-corrected chi connectivity index (χ1v) is 6.18. The summed E-state index contributed by atoms with van der Waals surface area (Å²) in [6.45, 7) is 2.56. The summed E-state index contributed by atoms with van der Waals surface area (Å²) in [5.74, 6) is -0.486. The van der Waals surface area contributed by atoms with Gasteiger partial charge >= 0.3 is 5.76 Å². The summed E-state index contributed by atoms with van der Waals surface area (Å²) >= 11 is 0. The van der Waals surface area contributed by atoms with Crippen molar-refractivity contribution >= 4 is 22.5 Å². The third kappa shape index (κ3) is 2.13. The molecular weight excluding hydrogens is 258 g/mol. The van der Waals surface area contributed by atoms with E-state index in [0.29, 0.717) is 23.3 Å². The van der Waals surface area contributed by atoms with Crippen LogP contribution in [0.1, 0.15) is 11.3 Å². The van der Waals surface area contributed by atoms with Gasteiger partial charge in [-0.3, -0.25) is 9.67 Å². The zero-order valence-electron chi connectivity index (χ0n) is 11.2. The lowest BCUT2D eigenvalue weighted by Gasteiger charge is -2.08. The van der Waals surface area contributed by atoms with Gasteiger partial charge in [-0.15, -0.1) is 0 Å². The van der Waals surface area contributed by atoms with Crippen LogP contribution in [-0.2, 0) is 13.6 Å². The molecule has 3 aromatic rings. The number of anilines is 2. The SMILES string of the molecule is Cc1nn(C)cc1CNc1cc2[nH]c(=O)oc2cc1N. The number of rotatable bonds is 3. The number of nitrogens with two attached hydrogens (primary N) is 1. The molecule has 104 valence electrons. The first-order chi connectivity index (χ1) is 9.52. The molecule has 0 unspecified atom stereocenters. The van der Waals surface area contributed by atoms with Crippen molar-refractivity contribution in [2.24, 2.45) is 7.05 Å². The molecule has 2 heterocycles. The van der Waals surface area contributed by atoms with Crippen molar-refractivity contribution < 1.29 is 4.42 Å². The number of fused-ring (bicyclic) bond motifs is 1. The summed E-state index contributed by atoms with van der Waals surface area (Å²) in [6.07, 6.45) is 1.96. The van der Waals surface area contributed by atoms with Gasteiger partial charge in [-0.1, -0.05) is 0 Å². The molecule has 0 aliphatic rings. The fourth-order valence-corrected chi connectivity index (χ4v) is 2.18. The van der Waals surface area contributed by atoms with Crippen LogP contribution in [0, 0.1) is 6.92 Å². The number of aromatic amines is 1. The molecule has 2 aromatic heterocycles. The zero-order chi connectivity index (χ0) is 14.3. The molecule has 7 nitrogen and oxygen atoms in total. The predicted octanol–water partition coefficient (Wildman–Crippen LogP) is 1.36. The van der Waals surface area contributed by atoms with Crippen molar-refractivity contribution in [3.8, 4) is 0 Å². The lowest BCUT2D eigenvalue weighted by atomic mass is 10.2. The lowest BCUT2D eigenvalue weighted by Crippen LogP contribution is -2.03. The Balaban J connectivity index is 1.88. The van der Waals surface area contributed by atoms with Crippen LogP contribution >= 0.6 is 0 Å². The largest absolute Gasteiger partial charge is 0.417 e. The number of nitrogen functional groups attached to an aromatic ring is 1. The number of oxazole rings is 1. The fraction of sp³-hybridized carbons (Fsp3) is 0.231. The predicted molar refractivity (Wildman–Crippen MR) is 76.5 cm³/mol. The molecule has 0 spiro atoms. The Bertz CT molecular complexity index is 827. The van der Waals surface area contributed by atoms with E-state index in [-0.39, 0.29) is 0 Å². The van der Waals surface area contributed by atoms with Crippen LogP contribution in [0.2, 0.25) is 0 Å². The number of benzene rings is 1. The van der Waals surface area contributed by atoms with Gasteiger partial charge in [0, 0.05) is 31.4 Å². The third-order valence-corrected chi connectivity index (χ3v) is 3.18. The number of aryl methyl sites for hydroxylation is 2. The number of hydrogen-bond acceptors (Lipinski definition) is 5. The highest BCUT2D eigenvalue weighted by Gasteiger charge is 2.08. The van der Waals surface area contributed by atoms with E-state index >= 15 is 0 Å². The Kier molecular flexibility index (Phi) is 2.74. The summed E-state index contributed by atoms with van der Waals surface area (Å²) in [7, 11) is 1.88. The molecule has 0 bridgehead atoms. The monoisotopic (exact) mass is 273 g/mol. The van der Waals surface area contributed by atoms with Gasteiger partial charge in [-0.25, -0.2) is 4.79 Å². The number of aromatic nitrogens is 3. The first-order valence-electron chi connectivity index (χ1n) is 6.18. The maximum Gasteiger partial charge on any atom is 0.417 e. The maximum atomic E-state index is 11.1. The van der Waals surface area contributed by atoms with E-state index in [1.165, 1.54) is 0 Å². The van der Waals surface area contributed by atoms with Crippen LogP contribution in [0.15, 0.2) is 27.5 Å². The maximum absolute atomic E-state index is 11.1. The summed E-state index contributed by atoms with van der Waals surface area (Å²) in [4.78, 5) is 13.7. The average Bonchev–Trinajstić information content (AvgIpc) is 2.87. The summed E-state index contributed by atoms with van der Waals surface area (Å²) in [5, 5.41) is 7.52. The van der Waals surface area contributed by atoms with E-state index in [9.17, 15) is 4.79 Å². The van der Waals surface area contributed by atoms with Crippen LogP contribution in [-0.4, -0.2) is 14.8 Å². The molecule has 1 aromatic carbocycles. The number of hydrogen-bond donors (Lipinski definition) is 3. The molecule has 0 amide bonds. The van der Waals surface area contributed by atoms with Gasteiger partial charge in [-0.2, -0.15) is 5.10 Å². The van der Waals surface area contributed by atoms with Gasteiger partial charge in [0.25, 0.3) is 0 Å². The topological polar surface area (TPSA) is 102 Å². The Morgan fingerprint density at radius 3 is 3.00 bits per heavy atom. The van der Waals surface area contributed by atoms with Crippen LogP contribution in [0.25, 0.3) is 11.1 Å². The van der Waals surface area contributed by atoms with Crippen LogP contribution in [0.5, 0.6) is 0 Å². The minimum atomic E-state index is -0.486. The van der Waals surface area contributed by atoms with Crippen molar-refractivity contribution in [1.29, 1.82) is 0 Å². The Labute approximate surface area is 114 Å². The number of nitrogens with zero attached hydrogens (tertiary/aromatic N) is 2. The molecule has 0 aliphatic carbocycles. The standard InChI is InChI=1S/C13H15N5O2/c1-7-8(6-18(2)17-7)5-15-10-4-11-12(3-9(10)14)20-13(19)16-11/h3-4,6,15H,5,14H2,1-2H3,(H,16,19). The Morgan fingerprint density at radius 1 is 1.50 bits per heavy atom. The molecule has 0 aliphatic heterocycles. The summed E-state index contributed by atoms with van der Waals surface area (Å²) in [5.41, 5.74) is 10.4. The van der Waals surface area contributed by atoms with Crippen molar-refractivity contribution in [3.05, 3.63) is 40.1 Å². The molecule has 0 atom stereocenters. The van der Waals surface area contributed by atoms with Gasteiger partial charge in [-0.05, 0) is 13.0 Å². The number of nitrogens with one attached hydrogen (secondary N) is 2. The molecule has 0 radical (unpaired) electrons. The highest BCUT2D eigenvalue weighted by Crippen LogP contribution is 2.25. The molecule has 0 saturated heterocycles. The lowest BCUT2D eigenvalue weighted by molar-refractivity contribution is 0.555. The van der Waals surface area contributed by atoms with Crippen molar-refractivity contribution in [1.82, 2.24) is 14.8 Å². The quantitative estimate of drug-likeness (QED) is 0.625. The van der Waals surface area contributed by atoms with Crippen LogP contribution < -0.4 is 16.8 Å². The zero-order valence-corrected chi connectivity index (χ0v) is 11.2. The molecular formula is C13H15N5O2. The summed E-state index contributed by atoms with van der Waals surface area (Å²) < 4.78 is 6.73. The van der Waals surface area contributed by atoms with E-state index in [4.69, 9.17) is 10.2 Å². The minimum absolute atomic E-state index is 0.454. The van der Waals surface area contributed by atoms with E-state index in [0.717, 1.165) is 16.9 Å². The second-order valence-electron chi connectivity index (χ2n) is 4.72. The molecule has 0 fully saturated rings. The Hall–Kier alpha value is -2.70.